The molecule has 2 aromatic carbocycles. The van der Waals surface area contributed by atoms with Gasteiger partial charge in [0.2, 0.25) is 0 Å². The number of hydrogen-bond donors (Lipinski definition) is 2. The molecule has 30 heavy (non-hydrogen) atoms. The van der Waals surface area contributed by atoms with Crippen LogP contribution in [-0.2, 0) is 6.42 Å². The highest BCUT2D eigenvalue weighted by Gasteiger charge is 2.31. The Morgan fingerprint density at radius 1 is 1.07 bits per heavy atom. The van der Waals surface area contributed by atoms with E-state index < -0.39 is 0 Å². The topological polar surface area (TPSA) is 60.2 Å². The van der Waals surface area contributed by atoms with Gasteiger partial charge in [0.15, 0.2) is 0 Å². The Morgan fingerprint density at radius 3 is 2.43 bits per heavy atom. The molecule has 5 heteroatoms. The number of nitrogens with zero attached hydrogens (tertiary/aromatic N) is 2. The lowest BCUT2D eigenvalue weighted by atomic mass is 10.1. The molecule has 0 aliphatic carbocycles. The zero-order valence-corrected chi connectivity index (χ0v) is 18.5. The molecule has 4 nitrogen and oxygen atoms in total. The Bertz CT molecular complexity index is 1090. The number of hydrogen-bond acceptors (Lipinski definition) is 4. The lowest BCUT2D eigenvalue weighted by molar-refractivity contribution is 0.411. The van der Waals surface area contributed by atoms with Crippen molar-refractivity contribution in [3.63, 3.8) is 0 Å². The molecule has 0 atom stereocenters. The van der Waals surface area contributed by atoms with Crippen molar-refractivity contribution < 1.29 is 5.11 Å². The summed E-state index contributed by atoms with van der Waals surface area (Å²) in [7, 11) is 0. The third-order valence-corrected chi connectivity index (χ3v) is 6.49. The summed E-state index contributed by atoms with van der Waals surface area (Å²) in [5, 5.41) is 20.1. The van der Waals surface area contributed by atoms with Crippen molar-refractivity contribution in [1.82, 2.24) is 4.98 Å². The van der Waals surface area contributed by atoms with E-state index in [0.29, 0.717) is 23.0 Å². The number of rotatable bonds is 6. The molecular weight excluding hydrogens is 390 g/mol. The number of nitrogens with one attached hydrogen (secondary N) is 1. The summed E-state index contributed by atoms with van der Waals surface area (Å²) in [5.74, 6) is 0.511. The van der Waals surface area contributed by atoms with Crippen molar-refractivity contribution in [2.45, 2.75) is 40.0 Å². The second-order valence-corrected chi connectivity index (χ2v) is 9.02. The van der Waals surface area contributed by atoms with E-state index in [0.717, 1.165) is 28.2 Å². The molecule has 2 heterocycles. The summed E-state index contributed by atoms with van der Waals surface area (Å²) in [4.78, 5) is 7.73. The Hall–Kier alpha value is -2.92. The van der Waals surface area contributed by atoms with Crippen LogP contribution in [0.2, 0.25) is 0 Å². The number of unbranched alkanes of at least 4 members (excludes halogenated alkanes) is 1. The normalized spacial score (nSPS) is 14.1. The largest absolute Gasteiger partial charge is 0.510 e. The Balaban J connectivity index is 1.58. The van der Waals surface area contributed by atoms with E-state index >= 15 is 0 Å². The van der Waals surface area contributed by atoms with E-state index in [4.69, 9.17) is 10.4 Å². The van der Waals surface area contributed by atoms with Gasteiger partial charge in [-0.25, -0.2) is 4.98 Å². The Kier molecular flexibility index (Phi) is 5.73. The minimum Gasteiger partial charge on any atom is -0.510 e. The molecule has 0 saturated heterocycles. The first-order chi connectivity index (χ1) is 14.5. The van der Waals surface area contributed by atoms with Crippen molar-refractivity contribution >= 4 is 28.4 Å². The van der Waals surface area contributed by atoms with Crippen LogP contribution in [0.5, 0.6) is 0 Å². The fraction of sp³-hybridized carbons (Fsp3) is 0.280. The third-order valence-electron chi connectivity index (χ3n) is 5.51. The van der Waals surface area contributed by atoms with E-state index in [9.17, 15) is 5.11 Å². The predicted molar refractivity (Wildman–Crippen MR) is 127 cm³/mol. The highest BCUT2D eigenvalue weighted by Crippen LogP contribution is 2.36. The lowest BCUT2D eigenvalue weighted by Crippen LogP contribution is -2.25. The molecule has 154 valence electrons. The maximum atomic E-state index is 10.7. The number of aromatic nitrogens is 1. The van der Waals surface area contributed by atoms with E-state index in [-0.39, 0.29) is 5.76 Å². The van der Waals surface area contributed by atoms with Crippen LogP contribution < -0.4 is 4.90 Å². The second kappa shape index (κ2) is 8.44. The van der Waals surface area contributed by atoms with Crippen LogP contribution >= 0.6 is 11.3 Å². The Labute approximate surface area is 182 Å². The number of amidine groups is 1. The highest BCUT2D eigenvalue weighted by molar-refractivity contribution is 7.13. The minimum absolute atomic E-state index is 0.208. The van der Waals surface area contributed by atoms with E-state index in [1.165, 1.54) is 35.3 Å². The van der Waals surface area contributed by atoms with Gasteiger partial charge in [-0.2, -0.15) is 0 Å². The molecule has 0 fully saturated rings. The lowest BCUT2D eigenvalue weighted by Gasteiger charge is -2.19. The van der Waals surface area contributed by atoms with Crippen LogP contribution in [0.15, 0.2) is 54.3 Å². The number of aliphatic hydroxyl groups is 1. The van der Waals surface area contributed by atoms with Crippen molar-refractivity contribution in [1.29, 1.82) is 5.41 Å². The SMILES string of the molecule is CCCCc1ccc(N2CC(O)=C(c3nc(-c4ccc(C)cc4)c(C)s3)C2=N)cc1. The zero-order valence-electron chi connectivity index (χ0n) is 17.7. The smallest absolute Gasteiger partial charge is 0.139 e. The van der Waals surface area contributed by atoms with Crippen molar-refractivity contribution in [2.24, 2.45) is 0 Å². The molecule has 1 aliphatic heterocycles. The summed E-state index contributed by atoms with van der Waals surface area (Å²) >= 11 is 1.53. The standard InChI is InChI=1S/C25H27N3OS/c1-4-5-6-18-9-13-20(14-10-18)28-15-21(29)22(24(28)26)25-27-23(17(3)30-25)19-11-7-16(2)8-12-19/h7-14,26,29H,4-6,15H2,1-3H3. The zero-order chi connectivity index (χ0) is 21.3. The monoisotopic (exact) mass is 417 g/mol. The molecule has 1 aliphatic rings. The van der Waals surface area contributed by atoms with Crippen LogP contribution in [0.3, 0.4) is 0 Å². The van der Waals surface area contributed by atoms with Crippen molar-refractivity contribution in [3.8, 4) is 11.3 Å². The highest BCUT2D eigenvalue weighted by atomic mass is 32.1. The van der Waals surface area contributed by atoms with Gasteiger partial charge in [0.1, 0.15) is 16.6 Å². The average Bonchev–Trinajstić information content (AvgIpc) is 3.26. The first-order valence-electron chi connectivity index (χ1n) is 10.4. The quantitative estimate of drug-likeness (QED) is 0.479. The predicted octanol–water partition coefficient (Wildman–Crippen LogP) is 6.54. The fourth-order valence-corrected chi connectivity index (χ4v) is 4.73. The summed E-state index contributed by atoms with van der Waals surface area (Å²) < 4.78 is 0. The summed E-state index contributed by atoms with van der Waals surface area (Å²) in [6, 6.07) is 16.6. The molecule has 2 N–H and O–H groups in total. The first-order valence-corrected chi connectivity index (χ1v) is 11.2. The number of thiazole rings is 1. The number of aryl methyl sites for hydroxylation is 3. The van der Waals surface area contributed by atoms with E-state index in [1.807, 2.05) is 24.0 Å². The first kappa shape index (κ1) is 20.4. The summed E-state index contributed by atoms with van der Waals surface area (Å²) in [5.41, 5.74) is 5.96. The third kappa shape index (κ3) is 3.90. The van der Waals surface area contributed by atoms with Crippen LogP contribution in [0, 0.1) is 19.3 Å². The van der Waals surface area contributed by atoms with Crippen LogP contribution in [0.25, 0.3) is 16.8 Å². The molecule has 0 spiro atoms. The van der Waals surface area contributed by atoms with Gasteiger partial charge in [-0.15, -0.1) is 11.3 Å². The molecule has 0 radical (unpaired) electrons. The Morgan fingerprint density at radius 2 is 1.77 bits per heavy atom. The van der Waals surface area contributed by atoms with Gasteiger partial charge in [-0.3, -0.25) is 5.41 Å². The molecule has 3 aromatic rings. The molecule has 0 unspecified atom stereocenters. The average molecular weight is 418 g/mol. The van der Waals surface area contributed by atoms with Gasteiger partial charge in [-0.05, 0) is 44.4 Å². The van der Waals surface area contributed by atoms with Crippen molar-refractivity contribution in [3.05, 3.63) is 75.3 Å². The summed E-state index contributed by atoms with van der Waals surface area (Å²) in [6.45, 7) is 6.61. The van der Waals surface area contributed by atoms with Crippen molar-refractivity contribution in [2.75, 3.05) is 11.4 Å². The van der Waals surface area contributed by atoms with Gasteiger partial charge in [-0.1, -0.05) is 55.3 Å². The number of benzene rings is 2. The molecule has 1 aromatic heterocycles. The second-order valence-electron chi connectivity index (χ2n) is 7.82. The maximum absolute atomic E-state index is 10.7. The molecule has 0 amide bonds. The van der Waals surface area contributed by atoms with Gasteiger partial charge in [0.25, 0.3) is 0 Å². The minimum atomic E-state index is 0.208. The molecular formula is C25H27N3OS. The molecule has 0 bridgehead atoms. The molecule has 0 saturated carbocycles. The summed E-state index contributed by atoms with van der Waals surface area (Å²) in [6.07, 6.45) is 3.43. The van der Waals surface area contributed by atoms with Gasteiger partial charge >= 0.3 is 0 Å². The van der Waals surface area contributed by atoms with Gasteiger partial charge < -0.3 is 10.0 Å². The fourth-order valence-electron chi connectivity index (χ4n) is 3.73. The number of anilines is 1. The maximum Gasteiger partial charge on any atom is 0.139 e. The number of aliphatic hydroxyl groups excluding tert-OH is 1. The van der Waals surface area contributed by atoms with Crippen LogP contribution in [0.4, 0.5) is 5.69 Å². The van der Waals surface area contributed by atoms with Gasteiger partial charge in [0, 0.05) is 16.1 Å². The van der Waals surface area contributed by atoms with Gasteiger partial charge in [0.05, 0.1) is 17.8 Å². The molecule has 4 rings (SSSR count). The van der Waals surface area contributed by atoms with Crippen LogP contribution in [-0.4, -0.2) is 22.5 Å². The van der Waals surface area contributed by atoms with E-state index in [2.05, 4.69) is 50.2 Å². The van der Waals surface area contributed by atoms with Crippen LogP contribution in [0.1, 0.15) is 40.8 Å². The van der Waals surface area contributed by atoms with E-state index in [1.54, 1.807) is 0 Å².